The molecule has 1 heterocycles. The van der Waals surface area contributed by atoms with E-state index in [1.165, 1.54) is 12.1 Å². The summed E-state index contributed by atoms with van der Waals surface area (Å²) < 4.78 is 1.64. The van der Waals surface area contributed by atoms with Gasteiger partial charge in [-0.25, -0.2) is 9.67 Å². The molecule has 2 aliphatic rings. The molecule has 5 nitrogen and oxygen atoms in total. The van der Waals surface area contributed by atoms with E-state index >= 15 is 0 Å². The minimum Gasteiger partial charge on any atom is -0.870 e. The van der Waals surface area contributed by atoms with Crippen LogP contribution in [-0.2, 0) is 0 Å². The van der Waals surface area contributed by atoms with E-state index < -0.39 is 11.2 Å². The normalized spacial score (nSPS) is 10.4. The Labute approximate surface area is 186 Å². The van der Waals surface area contributed by atoms with Crippen LogP contribution in [0, 0.1) is 0 Å². The molecule has 0 amide bonds. The van der Waals surface area contributed by atoms with Crippen molar-refractivity contribution in [3.8, 4) is 34.2 Å². The minimum absolute atomic E-state index is 0. The van der Waals surface area contributed by atoms with Gasteiger partial charge in [-0.2, -0.15) is 0 Å². The van der Waals surface area contributed by atoms with Crippen molar-refractivity contribution in [3.63, 3.8) is 0 Å². The Morgan fingerprint density at radius 3 is 2.20 bits per heavy atom. The van der Waals surface area contributed by atoms with Crippen molar-refractivity contribution in [2.24, 2.45) is 0 Å². The van der Waals surface area contributed by atoms with Crippen molar-refractivity contribution in [1.82, 2.24) is 14.8 Å². The van der Waals surface area contributed by atoms with Crippen molar-refractivity contribution in [2.75, 3.05) is 0 Å². The zero-order valence-electron chi connectivity index (χ0n) is 13.6. The summed E-state index contributed by atoms with van der Waals surface area (Å²) >= 11 is 0. The molecule has 2 aromatic carbocycles. The summed E-state index contributed by atoms with van der Waals surface area (Å²) in [5.74, 6) is -0.0789. The number of nitrogens with zero attached hydrogens (tertiary/aromatic N) is 3. The Balaban J connectivity index is 0.00000182. The van der Waals surface area contributed by atoms with E-state index in [-0.39, 0.29) is 51.4 Å². The average Bonchev–Trinajstić information content (AvgIpc) is 2.63. The second kappa shape index (κ2) is 7.59. The monoisotopic (exact) mass is 353 g/mol. The van der Waals surface area contributed by atoms with Crippen molar-refractivity contribution >= 4 is 0 Å². The summed E-state index contributed by atoms with van der Waals surface area (Å²) in [4.78, 5) is 16.3. The third-order valence-corrected chi connectivity index (χ3v) is 3.72. The Morgan fingerprint density at radius 1 is 0.880 bits per heavy atom. The molecule has 0 spiro atoms. The molecule has 0 unspecified atom stereocenters. The molecular weight excluding hydrogens is 341 g/mol. The van der Waals surface area contributed by atoms with Gasteiger partial charge >= 0.3 is 51.4 Å². The third-order valence-electron chi connectivity index (χ3n) is 3.72. The summed E-state index contributed by atoms with van der Waals surface area (Å²) in [6, 6.07) is 21.5. The van der Waals surface area contributed by atoms with E-state index in [0.717, 1.165) is 11.3 Å². The van der Waals surface area contributed by atoms with Crippen LogP contribution in [-0.4, -0.2) is 14.8 Å². The maximum atomic E-state index is 11.8. The first-order chi connectivity index (χ1) is 11.7. The Bertz CT molecular complexity index is 1030. The molecule has 0 radical (unpaired) electrons. The number of fused-ring (bicyclic) bond motifs is 1. The fourth-order valence-corrected chi connectivity index (χ4v) is 2.56. The van der Waals surface area contributed by atoms with Gasteiger partial charge in [0.15, 0.2) is 11.3 Å². The Morgan fingerprint density at radius 2 is 1.52 bits per heavy atom. The van der Waals surface area contributed by atoms with Gasteiger partial charge in [-0.1, -0.05) is 54.3 Å². The number of hydrogen-bond acceptors (Lipinski definition) is 4. The molecule has 0 N–H and O–H groups in total. The van der Waals surface area contributed by atoms with Crippen LogP contribution in [0.1, 0.15) is 0 Å². The number of para-hydroxylation sites is 1. The van der Waals surface area contributed by atoms with Gasteiger partial charge in [-0.15, -0.1) is 5.10 Å². The summed E-state index contributed by atoms with van der Waals surface area (Å²) in [6.07, 6.45) is 0. The van der Waals surface area contributed by atoms with Crippen molar-refractivity contribution in [3.05, 3.63) is 83.0 Å². The Kier molecular flexibility index (Phi) is 5.46. The summed E-state index contributed by atoms with van der Waals surface area (Å²) in [6.45, 7) is 0. The van der Waals surface area contributed by atoms with Gasteiger partial charge in [0.1, 0.15) is 0 Å². The van der Waals surface area contributed by atoms with Crippen LogP contribution in [0.5, 0.6) is 5.75 Å². The quantitative estimate of drug-likeness (QED) is 0.455. The summed E-state index contributed by atoms with van der Waals surface area (Å²) in [5.41, 5.74) is 2.01. The molecule has 0 saturated carbocycles. The maximum absolute atomic E-state index is 11.8. The molecule has 0 saturated heterocycles. The van der Waals surface area contributed by atoms with E-state index in [0.29, 0.717) is 17.2 Å². The fraction of sp³-hybridized carbons (Fsp3) is 0. The predicted octanol–water partition coefficient (Wildman–Crippen LogP) is -0.523. The van der Waals surface area contributed by atoms with Crippen molar-refractivity contribution in [1.29, 1.82) is 0 Å². The number of benzene rings is 3. The van der Waals surface area contributed by atoms with Crippen LogP contribution in [0.3, 0.4) is 0 Å². The van der Waals surface area contributed by atoms with Crippen LogP contribution in [0.25, 0.3) is 28.5 Å². The average molecular weight is 353 g/mol. The van der Waals surface area contributed by atoms with Gasteiger partial charge in [-0.3, -0.25) is 4.79 Å². The predicted molar refractivity (Wildman–Crippen MR) is 89.1 cm³/mol. The van der Waals surface area contributed by atoms with Crippen LogP contribution in [0.2, 0.25) is 0 Å². The number of hydrogen-bond donors (Lipinski definition) is 0. The van der Waals surface area contributed by atoms with Crippen LogP contribution in [0.15, 0.2) is 77.6 Å². The van der Waals surface area contributed by atoms with Crippen LogP contribution < -0.4 is 61.9 Å². The SMILES string of the molecule is O=c1cc2n(-c3ccccc3)nc(-c3ccccc3)nc-2cc1[O-].[K+]. The molecule has 0 fully saturated rings. The van der Waals surface area contributed by atoms with E-state index in [9.17, 15) is 9.90 Å². The molecule has 25 heavy (non-hydrogen) atoms. The van der Waals surface area contributed by atoms with E-state index in [1.807, 2.05) is 60.7 Å². The van der Waals surface area contributed by atoms with Gasteiger partial charge in [0.05, 0.1) is 17.1 Å². The first-order valence-electron chi connectivity index (χ1n) is 7.45. The molecule has 4 rings (SSSR count). The summed E-state index contributed by atoms with van der Waals surface area (Å²) in [5, 5.41) is 16.3. The van der Waals surface area contributed by atoms with Gasteiger partial charge in [0.25, 0.3) is 0 Å². The molecule has 6 heteroatoms. The zero-order chi connectivity index (χ0) is 16.5. The first kappa shape index (κ1) is 18.0. The molecule has 1 aliphatic heterocycles. The topological polar surface area (TPSA) is 70.8 Å². The molecule has 0 bridgehead atoms. The van der Waals surface area contributed by atoms with Crippen LogP contribution in [0.4, 0.5) is 0 Å². The van der Waals surface area contributed by atoms with Gasteiger partial charge < -0.3 is 5.11 Å². The standard InChI is InChI=1S/C19H13N3O2.K/c23-17-11-15-16(12-18(17)24)22(14-9-5-2-6-10-14)21-19(20-15)13-7-3-1-4-8-13;/h1-12,23H;/q;+1/p-1. The molecule has 1 aliphatic carbocycles. The molecule has 0 aromatic heterocycles. The van der Waals surface area contributed by atoms with Gasteiger partial charge in [-0.05, 0) is 18.2 Å². The fourth-order valence-electron chi connectivity index (χ4n) is 2.56. The minimum atomic E-state index is -0.570. The summed E-state index contributed by atoms with van der Waals surface area (Å²) in [7, 11) is 0. The van der Waals surface area contributed by atoms with Crippen molar-refractivity contribution in [2.45, 2.75) is 0 Å². The molecule has 2 aromatic rings. The zero-order valence-corrected chi connectivity index (χ0v) is 16.7. The van der Waals surface area contributed by atoms with Crippen LogP contribution >= 0.6 is 0 Å². The van der Waals surface area contributed by atoms with E-state index in [2.05, 4.69) is 10.1 Å². The molecule has 116 valence electrons. The molecule has 0 atom stereocenters. The third kappa shape index (κ3) is 3.58. The van der Waals surface area contributed by atoms with Gasteiger partial charge in [0.2, 0.25) is 0 Å². The van der Waals surface area contributed by atoms with E-state index in [4.69, 9.17) is 0 Å². The van der Waals surface area contributed by atoms with Gasteiger partial charge in [0, 0.05) is 11.6 Å². The number of rotatable bonds is 2. The second-order valence-electron chi connectivity index (χ2n) is 5.34. The maximum Gasteiger partial charge on any atom is 1.00 e. The number of aromatic nitrogens is 3. The van der Waals surface area contributed by atoms with Crippen molar-refractivity contribution < 1.29 is 56.5 Å². The Hall–Kier alpha value is -1.83. The first-order valence-corrected chi connectivity index (χ1v) is 7.45. The largest absolute Gasteiger partial charge is 1.00 e. The second-order valence-corrected chi connectivity index (χ2v) is 5.34. The smallest absolute Gasteiger partial charge is 0.870 e. The molecular formula is C19H12KN3O2. The van der Waals surface area contributed by atoms with E-state index in [1.54, 1.807) is 4.68 Å².